The largest absolute Gasteiger partial charge is 0.506 e. The summed E-state index contributed by atoms with van der Waals surface area (Å²) in [5, 5.41) is 20.5. The first kappa shape index (κ1) is 14.1. The molecule has 0 aromatic heterocycles. The molecule has 0 radical (unpaired) electrons. The van der Waals surface area contributed by atoms with E-state index >= 15 is 0 Å². The Bertz CT molecular complexity index is 704. The maximum atomic E-state index is 13.4. The molecule has 0 saturated heterocycles. The quantitative estimate of drug-likeness (QED) is 0.523. The molecule has 0 aliphatic heterocycles. The SMILES string of the molecule is O=[N+]([O-])c1cc(Br)c(O)c(C=Nc2ccccc2F)c1. The standard InChI is InChI=1S/C13H8BrFN2O3/c14-10-6-9(17(19)20)5-8(13(10)18)7-16-12-4-2-1-3-11(12)15/h1-7,18H. The second-order valence-electron chi connectivity index (χ2n) is 3.83. The van der Waals surface area contributed by atoms with E-state index in [1.165, 1.54) is 30.5 Å². The summed E-state index contributed by atoms with van der Waals surface area (Å²) in [5.74, 6) is -0.719. The molecule has 2 rings (SSSR count). The lowest BCUT2D eigenvalue weighted by Gasteiger charge is -2.02. The highest BCUT2D eigenvalue weighted by atomic mass is 79.9. The second kappa shape index (κ2) is 5.79. The molecule has 102 valence electrons. The summed E-state index contributed by atoms with van der Waals surface area (Å²) in [6.07, 6.45) is 1.17. The Hall–Kier alpha value is -2.28. The van der Waals surface area contributed by atoms with Gasteiger partial charge in [-0.15, -0.1) is 0 Å². The van der Waals surface area contributed by atoms with Crippen LogP contribution >= 0.6 is 15.9 Å². The Kier molecular flexibility index (Phi) is 4.09. The molecule has 7 heteroatoms. The van der Waals surface area contributed by atoms with Crippen LogP contribution in [0.2, 0.25) is 0 Å². The molecule has 20 heavy (non-hydrogen) atoms. The van der Waals surface area contributed by atoms with E-state index in [9.17, 15) is 19.6 Å². The minimum atomic E-state index is -0.593. The number of nitro benzene ring substituents is 1. The molecule has 5 nitrogen and oxygen atoms in total. The predicted octanol–water partition coefficient (Wildman–Crippen LogP) is 3.95. The molecular formula is C13H8BrFN2O3. The number of hydrogen-bond acceptors (Lipinski definition) is 4. The summed E-state index contributed by atoms with van der Waals surface area (Å²) >= 11 is 3.02. The molecule has 0 aliphatic rings. The molecular weight excluding hydrogens is 331 g/mol. The van der Waals surface area contributed by atoms with Gasteiger partial charge in [-0.2, -0.15) is 0 Å². The van der Waals surface area contributed by atoms with Gasteiger partial charge in [0.15, 0.2) is 0 Å². The molecule has 2 aromatic rings. The zero-order valence-corrected chi connectivity index (χ0v) is 11.5. The molecule has 0 saturated carbocycles. The van der Waals surface area contributed by atoms with Crippen molar-refractivity contribution >= 4 is 33.5 Å². The first-order valence-corrected chi connectivity index (χ1v) is 6.24. The van der Waals surface area contributed by atoms with E-state index in [1.54, 1.807) is 6.07 Å². The van der Waals surface area contributed by atoms with Crippen molar-refractivity contribution in [2.45, 2.75) is 0 Å². The van der Waals surface area contributed by atoms with Gasteiger partial charge in [-0.25, -0.2) is 4.39 Å². The van der Waals surface area contributed by atoms with Crippen LogP contribution in [-0.2, 0) is 0 Å². The average Bonchev–Trinajstić information content (AvgIpc) is 2.41. The Labute approximate surface area is 121 Å². The monoisotopic (exact) mass is 338 g/mol. The van der Waals surface area contributed by atoms with E-state index in [0.29, 0.717) is 0 Å². The van der Waals surface area contributed by atoms with Crippen molar-refractivity contribution in [3.05, 3.63) is 62.4 Å². The summed E-state index contributed by atoms with van der Waals surface area (Å²) in [7, 11) is 0. The molecule has 0 fully saturated rings. The number of non-ortho nitro benzene ring substituents is 1. The summed E-state index contributed by atoms with van der Waals surface area (Å²) in [5.41, 5.74) is -0.00600. The lowest BCUT2D eigenvalue weighted by atomic mass is 10.2. The van der Waals surface area contributed by atoms with Gasteiger partial charge < -0.3 is 5.11 Å². The van der Waals surface area contributed by atoms with Crippen molar-refractivity contribution in [3.8, 4) is 5.75 Å². The van der Waals surface area contributed by atoms with Gasteiger partial charge in [-0.1, -0.05) is 12.1 Å². The Balaban J connectivity index is 2.43. The molecule has 0 aliphatic carbocycles. The number of para-hydroxylation sites is 1. The van der Waals surface area contributed by atoms with Crippen molar-refractivity contribution in [1.82, 2.24) is 0 Å². The van der Waals surface area contributed by atoms with Crippen molar-refractivity contribution in [2.24, 2.45) is 4.99 Å². The minimum absolute atomic E-state index is 0.0783. The molecule has 0 atom stereocenters. The van der Waals surface area contributed by atoms with Crippen LogP contribution in [0.4, 0.5) is 15.8 Å². The number of phenolic OH excluding ortho intramolecular Hbond substituents is 1. The summed E-state index contributed by atoms with van der Waals surface area (Å²) in [6, 6.07) is 8.17. The number of rotatable bonds is 3. The van der Waals surface area contributed by atoms with Crippen LogP contribution in [0.5, 0.6) is 5.75 Å². The van der Waals surface area contributed by atoms with Gasteiger partial charge >= 0.3 is 0 Å². The van der Waals surface area contributed by atoms with Gasteiger partial charge in [0, 0.05) is 23.9 Å². The number of aliphatic imine (C=N–C) groups is 1. The van der Waals surface area contributed by atoms with Crippen LogP contribution in [0, 0.1) is 15.9 Å². The van der Waals surface area contributed by atoms with Crippen LogP contribution in [0.3, 0.4) is 0 Å². The molecule has 0 amide bonds. The van der Waals surface area contributed by atoms with Gasteiger partial charge in [0.05, 0.1) is 15.1 Å². The highest BCUT2D eigenvalue weighted by molar-refractivity contribution is 9.10. The van der Waals surface area contributed by atoms with E-state index in [4.69, 9.17) is 0 Å². The first-order valence-electron chi connectivity index (χ1n) is 5.44. The third-order valence-electron chi connectivity index (χ3n) is 2.48. The Morgan fingerprint density at radius 1 is 1.35 bits per heavy atom. The van der Waals surface area contributed by atoms with Crippen LogP contribution in [0.15, 0.2) is 45.9 Å². The van der Waals surface area contributed by atoms with Crippen LogP contribution in [0.25, 0.3) is 0 Å². The van der Waals surface area contributed by atoms with Crippen LogP contribution < -0.4 is 0 Å². The van der Waals surface area contributed by atoms with Crippen molar-refractivity contribution in [1.29, 1.82) is 0 Å². The maximum Gasteiger partial charge on any atom is 0.271 e. The fourth-order valence-electron chi connectivity index (χ4n) is 1.50. The van der Waals surface area contributed by atoms with E-state index < -0.39 is 10.7 Å². The van der Waals surface area contributed by atoms with E-state index in [0.717, 1.165) is 6.07 Å². The van der Waals surface area contributed by atoms with Gasteiger partial charge in [0.25, 0.3) is 5.69 Å². The number of nitro groups is 1. The third-order valence-corrected chi connectivity index (χ3v) is 3.09. The minimum Gasteiger partial charge on any atom is -0.506 e. The van der Waals surface area contributed by atoms with E-state index in [2.05, 4.69) is 20.9 Å². The maximum absolute atomic E-state index is 13.4. The first-order chi connectivity index (χ1) is 9.49. The van der Waals surface area contributed by atoms with Crippen LogP contribution in [-0.4, -0.2) is 16.2 Å². The molecule has 1 N–H and O–H groups in total. The number of hydrogen-bond donors (Lipinski definition) is 1. The average molecular weight is 339 g/mol. The number of nitrogens with zero attached hydrogens (tertiary/aromatic N) is 2. The summed E-state index contributed by atoms with van der Waals surface area (Å²) in [6.45, 7) is 0. The normalized spacial score (nSPS) is 10.9. The second-order valence-corrected chi connectivity index (χ2v) is 4.69. The number of aromatic hydroxyl groups is 1. The fraction of sp³-hybridized carbons (Fsp3) is 0. The number of phenols is 1. The Morgan fingerprint density at radius 2 is 2.05 bits per heavy atom. The number of benzene rings is 2. The fourth-order valence-corrected chi connectivity index (χ4v) is 1.97. The molecule has 0 spiro atoms. The zero-order chi connectivity index (χ0) is 14.7. The summed E-state index contributed by atoms with van der Waals surface area (Å²) < 4.78 is 13.6. The molecule has 0 bridgehead atoms. The summed E-state index contributed by atoms with van der Waals surface area (Å²) in [4.78, 5) is 14.0. The highest BCUT2D eigenvalue weighted by Gasteiger charge is 2.13. The van der Waals surface area contributed by atoms with Gasteiger partial charge in [0.1, 0.15) is 11.6 Å². The van der Waals surface area contributed by atoms with Gasteiger partial charge in [0.2, 0.25) is 0 Å². The number of halogens is 2. The van der Waals surface area contributed by atoms with E-state index in [-0.39, 0.29) is 27.2 Å². The lowest BCUT2D eigenvalue weighted by molar-refractivity contribution is -0.385. The smallest absolute Gasteiger partial charge is 0.271 e. The van der Waals surface area contributed by atoms with Crippen molar-refractivity contribution in [3.63, 3.8) is 0 Å². The topological polar surface area (TPSA) is 75.7 Å². The Morgan fingerprint density at radius 3 is 2.70 bits per heavy atom. The predicted molar refractivity (Wildman–Crippen MR) is 76.1 cm³/mol. The van der Waals surface area contributed by atoms with Crippen molar-refractivity contribution in [2.75, 3.05) is 0 Å². The molecule has 0 unspecified atom stereocenters. The van der Waals surface area contributed by atoms with E-state index in [1.807, 2.05) is 0 Å². The zero-order valence-electron chi connectivity index (χ0n) is 9.96. The third kappa shape index (κ3) is 3.00. The lowest BCUT2D eigenvalue weighted by Crippen LogP contribution is -1.92. The molecule has 2 aromatic carbocycles. The molecule has 0 heterocycles. The van der Waals surface area contributed by atoms with Crippen LogP contribution in [0.1, 0.15) is 5.56 Å². The van der Waals surface area contributed by atoms with Crippen molar-refractivity contribution < 1.29 is 14.4 Å². The van der Waals surface area contributed by atoms with Gasteiger partial charge in [-0.05, 0) is 28.1 Å². The highest BCUT2D eigenvalue weighted by Crippen LogP contribution is 2.32. The van der Waals surface area contributed by atoms with Gasteiger partial charge in [-0.3, -0.25) is 15.1 Å².